The van der Waals surface area contributed by atoms with Crippen LogP contribution >= 0.6 is 0 Å². The van der Waals surface area contributed by atoms with Crippen molar-refractivity contribution < 1.29 is 9.47 Å². The second-order valence-corrected chi connectivity index (χ2v) is 6.49. The van der Waals surface area contributed by atoms with Gasteiger partial charge in [-0.3, -0.25) is 0 Å². The average molecular weight is 327 g/mol. The molecule has 5 heteroatoms. The van der Waals surface area contributed by atoms with E-state index in [1.54, 1.807) is 13.4 Å². The lowest BCUT2D eigenvalue weighted by Crippen LogP contribution is -2.40. The van der Waals surface area contributed by atoms with Gasteiger partial charge in [-0.2, -0.15) is 0 Å². The van der Waals surface area contributed by atoms with Gasteiger partial charge in [0.15, 0.2) is 0 Å². The second kappa shape index (κ2) is 7.18. The number of nitrogens with zero attached hydrogens (tertiary/aromatic N) is 2. The third kappa shape index (κ3) is 3.51. The molecule has 3 rings (SSSR count). The maximum Gasteiger partial charge on any atom is 0.129 e. The van der Waals surface area contributed by atoms with Crippen LogP contribution in [0.15, 0.2) is 30.6 Å². The van der Waals surface area contributed by atoms with Crippen molar-refractivity contribution in [2.45, 2.75) is 32.1 Å². The van der Waals surface area contributed by atoms with Gasteiger partial charge in [-0.1, -0.05) is 17.7 Å². The molecule has 0 amide bonds. The van der Waals surface area contributed by atoms with E-state index in [2.05, 4.69) is 40.4 Å². The lowest BCUT2D eigenvalue weighted by Gasteiger charge is -2.39. The first-order valence-electron chi connectivity index (χ1n) is 8.38. The highest BCUT2D eigenvalue weighted by molar-refractivity contribution is 5.45. The fourth-order valence-electron chi connectivity index (χ4n) is 3.35. The molecule has 0 bridgehead atoms. The largest absolute Gasteiger partial charge is 0.496 e. The molecule has 0 atom stereocenters. The number of anilines is 1. The van der Waals surface area contributed by atoms with Gasteiger partial charge in [-0.25, -0.2) is 9.97 Å². The van der Waals surface area contributed by atoms with Crippen molar-refractivity contribution in [3.63, 3.8) is 0 Å². The number of nitrogens with one attached hydrogen (secondary N) is 1. The second-order valence-electron chi connectivity index (χ2n) is 6.49. The maximum absolute atomic E-state index is 5.66. The van der Waals surface area contributed by atoms with E-state index in [1.807, 2.05) is 13.0 Å². The van der Waals surface area contributed by atoms with Gasteiger partial charge in [-0.05, 0) is 32.8 Å². The van der Waals surface area contributed by atoms with Gasteiger partial charge in [0.05, 0.1) is 7.11 Å². The monoisotopic (exact) mass is 327 g/mol. The molecular formula is C19H25N3O2. The summed E-state index contributed by atoms with van der Waals surface area (Å²) in [4.78, 5) is 8.48. The Hall–Kier alpha value is -2.14. The van der Waals surface area contributed by atoms with Gasteiger partial charge < -0.3 is 14.8 Å². The Balaban J connectivity index is 1.91. The highest BCUT2D eigenvalue weighted by atomic mass is 16.5. The number of methoxy groups -OCH3 is 1. The predicted octanol–water partition coefficient (Wildman–Crippen LogP) is 3.26. The number of benzene rings is 1. The fourth-order valence-corrected chi connectivity index (χ4v) is 3.35. The van der Waals surface area contributed by atoms with Crippen LogP contribution in [-0.4, -0.2) is 36.8 Å². The molecule has 0 radical (unpaired) electrons. The smallest absolute Gasteiger partial charge is 0.129 e. The van der Waals surface area contributed by atoms with E-state index < -0.39 is 0 Å². The van der Waals surface area contributed by atoms with E-state index in [9.17, 15) is 0 Å². The Morgan fingerprint density at radius 3 is 2.67 bits per heavy atom. The number of aromatic nitrogens is 2. The van der Waals surface area contributed by atoms with Gasteiger partial charge in [0.25, 0.3) is 0 Å². The average Bonchev–Trinajstić information content (AvgIpc) is 2.61. The van der Waals surface area contributed by atoms with E-state index in [0.29, 0.717) is 0 Å². The fraction of sp³-hybridized carbons (Fsp3) is 0.474. The zero-order valence-electron chi connectivity index (χ0n) is 14.6. The van der Waals surface area contributed by atoms with Crippen molar-refractivity contribution in [3.05, 3.63) is 47.4 Å². The summed E-state index contributed by atoms with van der Waals surface area (Å²) in [5.41, 5.74) is 3.44. The van der Waals surface area contributed by atoms with E-state index in [1.165, 1.54) is 11.1 Å². The molecule has 1 aliphatic heterocycles. The molecule has 1 saturated heterocycles. The summed E-state index contributed by atoms with van der Waals surface area (Å²) in [6, 6.07) is 8.38. The maximum atomic E-state index is 5.66. The van der Waals surface area contributed by atoms with Crippen molar-refractivity contribution >= 4 is 5.82 Å². The first kappa shape index (κ1) is 16.7. The zero-order chi connectivity index (χ0) is 17.0. The van der Waals surface area contributed by atoms with E-state index in [4.69, 9.17) is 9.47 Å². The number of rotatable bonds is 5. The number of hydrogen-bond donors (Lipinski definition) is 1. The summed E-state index contributed by atoms with van der Waals surface area (Å²) in [6.07, 6.45) is 3.52. The van der Waals surface area contributed by atoms with Crippen molar-refractivity contribution in [1.82, 2.24) is 9.97 Å². The minimum absolute atomic E-state index is 0.0194. The molecule has 0 spiro atoms. The summed E-state index contributed by atoms with van der Waals surface area (Å²) in [7, 11) is 1.74. The number of ether oxygens (including phenoxy) is 2. The number of hydrogen-bond acceptors (Lipinski definition) is 5. The van der Waals surface area contributed by atoms with Gasteiger partial charge in [0, 0.05) is 42.5 Å². The zero-order valence-corrected chi connectivity index (χ0v) is 14.6. The Kier molecular flexibility index (Phi) is 5.00. The summed E-state index contributed by atoms with van der Waals surface area (Å²) in [5, 5.41) is 3.50. The van der Waals surface area contributed by atoms with Crippen LogP contribution < -0.4 is 10.1 Å². The van der Waals surface area contributed by atoms with E-state index in [-0.39, 0.29) is 5.41 Å². The molecule has 24 heavy (non-hydrogen) atoms. The SMILES string of the molecule is COc1ccc(C)cc1C1(CNc2cc(C)ncn2)CCOCC1. The summed E-state index contributed by atoms with van der Waals surface area (Å²) in [6.45, 7) is 6.42. The highest BCUT2D eigenvalue weighted by Crippen LogP contribution is 2.40. The van der Waals surface area contributed by atoms with Gasteiger partial charge in [-0.15, -0.1) is 0 Å². The standard InChI is InChI=1S/C19H25N3O2/c1-14-4-5-17(23-3)16(10-14)19(6-8-24-9-7-19)12-20-18-11-15(2)21-13-22-18/h4-5,10-11,13H,6-9,12H2,1-3H3,(H,20,21,22). The van der Waals surface area contributed by atoms with Crippen LogP contribution in [0.4, 0.5) is 5.82 Å². The third-order valence-electron chi connectivity index (χ3n) is 4.79. The molecule has 5 nitrogen and oxygen atoms in total. The van der Waals surface area contributed by atoms with Crippen LogP contribution in [0.25, 0.3) is 0 Å². The Morgan fingerprint density at radius 1 is 1.17 bits per heavy atom. The van der Waals surface area contributed by atoms with Crippen LogP contribution in [0.2, 0.25) is 0 Å². The molecule has 1 aromatic heterocycles. The summed E-state index contributed by atoms with van der Waals surface area (Å²) < 4.78 is 11.3. The first-order valence-corrected chi connectivity index (χ1v) is 8.38. The van der Waals surface area contributed by atoms with Gasteiger partial charge in [0.2, 0.25) is 0 Å². The van der Waals surface area contributed by atoms with Crippen LogP contribution in [0.3, 0.4) is 0 Å². The molecule has 1 N–H and O–H groups in total. The molecule has 0 saturated carbocycles. The normalized spacial score (nSPS) is 16.6. The van der Waals surface area contributed by atoms with Crippen LogP contribution in [0.1, 0.15) is 29.7 Å². The van der Waals surface area contributed by atoms with Crippen molar-refractivity contribution in [1.29, 1.82) is 0 Å². The summed E-state index contributed by atoms with van der Waals surface area (Å²) in [5.74, 6) is 1.81. The van der Waals surface area contributed by atoms with Crippen LogP contribution in [0, 0.1) is 13.8 Å². The molecule has 1 aromatic carbocycles. The molecule has 1 aliphatic rings. The molecular weight excluding hydrogens is 302 g/mol. The van der Waals surface area contributed by atoms with Gasteiger partial charge in [0.1, 0.15) is 17.9 Å². The van der Waals surface area contributed by atoms with Crippen LogP contribution in [-0.2, 0) is 10.2 Å². The Labute approximate surface area is 143 Å². The topological polar surface area (TPSA) is 56.3 Å². The lowest BCUT2D eigenvalue weighted by atomic mass is 9.73. The molecule has 1 fully saturated rings. The first-order chi connectivity index (χ1) is 11.6. The molecule has 2 aromatic rings. The Morgan fingerprint density at radius 2 is 1.96 bits per heavy atom. The Bertz CT molecular complexity index is 697. The van der Waals surface area contributed by atoms with Gasteiger partial charge >= 0.3 is 0 Å². The van der Waals surface area contributed by atoms with Crippen LogP contribution in [0.5, 0.6) is 5.75 Å². The molecule has 0 unspecified atom stereocenters. The lowest BCUT2D eigenvalue weighted by molar-refractivity contribution is 0.0535. The number of aryl methyl sites for hydroxylation is 2. The van der Waals surface area contributed by atoms with Crippen molar-refractivity contribution in [3.8, 4) is 5.75 Å². The summed E-state index contributed by atoms with van der Waals surface area (Å²) >= 11 is 0. The van der Waals surface area contributed by atoms with Crippen molar-refractivity contribution in [2.24, 2.45) is 0 Å². The molecule has 2 heterocycles. The highest BCUT2D eigenvalue weighted by Gasteiger charge is 2.37. The molecule has 0 aliphatic carbocycles. The van der Waals surface area contributed by atoms with E-state index in [0.717, 1.165) is 49.9 Å². The van der Waals surface area contributed by atoms with E-state index >= 15 is 0 Å². The minimum atomic E-state index is -0.0194. The minimum Gasteiger partial charge on any atom is -0.496 e. The third-order valence-corrected chi connectivity index (χ3v) is 4.79. The predicted molar refractivity (Wildman–Crippen MR) is 94.7 cm³/mol. The molecule has 128 valence electrons. The quantitative estimate of drug-likeness (QED) is 0.913. The van der Waals surface area contributed by atoms with Crippen molar-refractivity contribution in [2.75, 3.05) is 32.2 Å².